The molecule has 1 saturated heterocycles. The van der Waals surface area contributed by atoms with Crippen molar-refractivity contribution in [2.45, 2.75) is 37.2 Å². The lowest BCUT2D eigenvalue weighted by molar-refractivity contribution is -0.941. The third-order valence-corrected chi connectivity index (χ3v) is 7.40. The van der Waals surface area contributed by atoms with Crippen molar-refractivity contribution in [1.82, 2.24) is 4.90 Å². The van der Waals surface area contributed by atoms with E-state index in [4.69, 9.17) is 0 Å². The van der Waals surface area contributed by atoms with Gasteiger partial charge in [0.15, 0.2) is 4.95 Å². The average Bonchev–Trinajstić information content (AvgIpc) is 2.69. The first-order valence-electron chi connectivity index (χ1n) is 9.78. The second-order valence-corrected chi connectivity index (χ2v) is 9.07. The normalized spacial score (nSPS) is 23.0. The molecule has 1 amide bonds. The Balaban J connectivity index is 1.76. The molecular formula is C23H30BrN2O+. The second kappa shape index (κ2) is 8.57. The monoisotopic (exact) mass is 429 g/mol. The van der Waals surface area contributed by atoms with Crippen LogP contribution in [0.4, 0.5) is 0 Å². The van der Waals surface area contributed by atoms with Gasteiger partial charge in [-0.1, -0.05) is 60.7 Å². The zero-order chi connectivity index (χ0) is 19.4. The minimum atomic E-state index is 0.0987. The summed E-state index contributed by atoms with van der Waals surface area (Å²) < 4.78 is 0.963. The smallest absolute Gasteiger partial charge is 0.223 e. The van der Waals surface area contributed by atoms with E-state index in [0.29, 0.717) is 12.5 Å². The molecule has 0 saturated carbocycles. The van der Waals surface area contributed by atoms with E-state index in [2.05, 4.69) is 85.4 Å². The lowest BCUT2D eigenvalue weighted by atomic mass is 9.88. The molecule has 0 spiro atoms. The van der Waals surface area contributed by atoms with Crippen molar-refractivity contribution in [3.63, 3.8) is 0 Å². The molecule has 4 heteroatoms. The van der Waals surface area contributed by atoms with Crippen molar-refractivity contribution < 1.29 is 9.28 Å². The van der Waals surface area contributed by atoms with Crippen molar-refractivity contribution in [2.75, 3.05) is 26.7 Å². The van der Waals surface area contributed by atoms with Crippen LogP contribution in [0.1, 0.15) is 37.3 Å². The molecule has 3 nitrogen and oxygen atoms in total. The van der Waals surface area contributed by atoms with Gasteiger partial charge in [-0.25, -0.2) is 0 Å². The number of alkyl halides is 1. The molecule has 1 fully saturated rings. The fourth-order valence-corrected chi connectivity index (χ4v) is 4.87. The lowest BCUT2D eigenvalue weighted by Crippen LogP contribution is -2.64. The van der Waals surface area contributed by atoms with Gasteiger partial charge in [0.2, 0.25) is 5.91 Å². The zero-order valence-electron chi connectivity index (χ0n) is 16.5. The highest BCUT2D eigenvalue weighted by atomic mass is 79.9. The first-order valence-corrected chi connectivity index (χ1v) is 10.7. The summed E-state index contributed by atoms with van der Waals surface area (Å²) in [6.45, 7) is 7.09. The molecule has 0 aromatic heterocycles. The Morgan fingerprint density at radius 1 is 1.07 bits per heavy atom. The van der Waals surface area contributed by atoms with Crippen LogP contribution in [-0.2, 0) is 4.79 Å². The van der Waals surface area contributed by atoms with Crippen LogP contribution in [0.25, 0.3) is 0 Å². The number of quaternary nitrogens is 1. The molecule has 2 unspecified atom stereocenters. The van der Waals surface area contributed by atoms with Crippen molar-refractivity contribution in [3.8, 4) is 0 Å². The zero-order valence-corrected chi connectivity index (χ0v) is 18.1. The Labute approximate surface area is 171 Å². The fraction of sp³-hybridized carbons (Fsp3) is 0.435. The molecule has 0 bridgehead atoms. The predicted octanol–water partition coefficient (Wildman–Crippen LogP) is 4.63. The Kier molecular flexibility index (Phi) is 6.38. The van der Waals surface area contributed by atoms with Crippen LogP contribution in [0, 0.1) is 0 Å². The largest absolute Gasteiger partial charge is 0.330 e. The summed E-state index contributed by atoms with van der Waals surface area (Å²) >= 11 is 3.85. The molecular weight excluding hydrogens is 400 g/mol. The molecule has 3 rings (SSSR count). The second-order valence-electron chi connectivity index (χ2n) is 8.02. The molecule has 2 aromatic carbocycles. The van der Waals surface area contributed by atoms with E-state index in [9.17, 15) is 4.79 Å². The first kappa shape index (κ1) is 20.1. The van der Waals surface area contributed by atoms with E-state index in [1.807, 2.05) is 17.0 Å². The molecule has 144 valence electrons. The molecule has 2 atom stereocenters. The van der Waals surface area contributed by atoms with E-state index in [1.54, 1.807) is 0 Å². The molecule has 2 aromatic rings. The lowest BCUT2D eigenvalue weighted by Gasteiger charge is -2.48. The molecule has 0 aliphatic carbocycles. The van der Waals surface area contributed by atoms with Crippen LogP contribution < -0.4 is 0 Å². The molecule has 0 N–H and O–H groups in total. The van der Waals surface area contributed by atoms with Gasteiger partial charge in [0.1, 0.15) is 0 Å². The highest BCUT2D eigenvalue weighted by Crippen LogP contribution is 2.31. The fourth-order valence-electron chi connectivity index (χ4n) is 3.85. The van der Waals surface area contributed by atoms with Gasteiger partial charge in [-0.3, -0.25) is 4.79 Å². The van der Waals surface area contributed by atoms with Gasteiger partial charge >= 0.3 is 0 Å². The van der Waals surface area contributed by atoms with Crippen molar-refractivity contribution in [1.29, 1.82) is 0 Å². The van der Waals surface area contributed by atoms with E-state index in [-0.39, 0.29) is 16.8 Å². The number of hydrogen-bond donors (Lipinski definition) is 0. The van der Waals surface area contributed by atoms with Gasteiger partial charge in [-0.05, 0) is 40.9 Å². The maximum atomic E-state index is 13.2. The molecule has 1 aliphatic heterocycles. The predicted molar refractivity (Wildman–Crippen MR) is 115 cm³/mol. The van der Waals surface area contributed by atoms with E-state index < -0.39 is 0 Å². The maximum absolute atomic E-state index is 13.2. The minimum absolute atomic E-state index is 0.0987. The van der Waals surface area contributed by atoms with Crippen molar-refractivity contribution in [3.05, 3.63) is 71.8 Å². The average molecular weight is 430 g/mol. The van der Waals surface area contributed by atoms with E-state index >= 15 is 0 Å². The molecule has 1 aliphatic rings. The summed E-state index contributed by atoms with van der Waals surface area (Å²) in [4.78, 5) is 15.5. The minimum Gasteiger partial charge on any atom is -0.330 e. The van der Waals surface area contributed by atoms with Crippen LogP contribution in [0.5, 0.6) is 0 Å². The Morgan fingerprint density at radius 3 is 2.04 bits per heavy atom. The number of nitrogens with zero attached hydrogens (tertiary/aromatic N) is 2. The van der Waals surface area contributed by atoms with E-state index in [1.165, 1.54) is 11.1 Å². The SMILES string of the molecule is CC(C)[N+]1(C)CCN(C(=O)CC(c2ccccc2)c2ccccc2)CC1Br. The van der Waals surface area contributed by atoms with Gasteiger partial charge < -0.3 is 9.38 Å². The number of hydrogen-bond acceptors (Lipinski definition) is 1. The summed E-state index contributed by atoms with van der Waals surface area (Å²) in [5.74, 6) is 0.341. The summed E-state index contributed by atoms with van der Waals surface area (Å²) in [7, 11) is 2.28. The highest BCUT2D eigenvalue weighted by molar-refractivity contribution is 9.09. The number of likely N-dealkylation sites (N-methyl/N-ethyl adjacent to an activating group) is 1. The van der Waals surface area contributed by atoms with Crippen LogP contribution in [0.3, 0.4) is 0 Å². The molecule has 1 heterocycles. The Hall–Kier alpha value is -1.65. The van der Waals surface area contributed by atoms with E-state index in [0.717, 1.165) is 24.1 Å². The maximum Gasteiger partial charge on any atom is 0.223 e. The van der Waals surface area contributed by atoms with Crippen LogP contribution >= 0.6 is 15.9 Å². The van der Waals surface area contributed by atoms with Crippen molar-refractivity contribution >= 4 is 21.8 Å². The summed E-state index contributed by atoms with van der Waals surface area (Å²) in [6, 6.07) is 21.3. The number of benzene rings is 2. The number of amides is 1. The van der Waals surface area contributed by atoms with Crippen LogP contribution in [0.15, 0.2) is 60.7 Å². The van der Waals surface area contributed by atoms with Gasteiger partial charge in [0.25, 0.3) is 0 Å². The van der Waals surface area contributed by atoms with Gasteiger partial charge in [0, 0.05) is 12.3 Å². The topological polar surface area (TPSA) is 20.3 Å². The van der Waals surface area contributed by atoms with Crippen LogP contribution in [-0.4, -0.2) is 53.0 Å². The number of piperazine rings is 1. The molecule has 0 radical (unpaired) electrons. The summed E-state index contributed by atoms with van der Waals surface area (Å²) in [5.41, 5.74) is 2.40. The van der Waals surface area contributed by atoms with Gasteiger partial charge in [0.05, 0.1) is 32.7 Å². The van der Waals surface area contributed by atoms with Crippen molar-refractivity contribution in [2.24, 2.45) is 0 Å². The first-order chi connectivity index (χ1) is 12.9. The highest BCUT2D eigenvalue weighted by Gasteiger charge is 2.40. The quantitative estimate of drug-likeness (QED) is 0.385. The summed E-state index contributed by atoms with van der Waals surface area (Å²) in [5, 5.41) is 0. The number of halogens is 1. The third-order valence-electron chi connectivity index (χ3n) is 6.18. The number of carbonyl (C=O) groups is 1. The Bertz CT molecular complexity index is 710. The third kappa shape index (κ3) is 4.44. The standard InChI is InChI=1S/C23H30BrN2O/c1-18(2)26(3)15-14-25(17-22(26)24)23(27)16-21(19-10-6-4-7-11-19)20-12-8-5-9-13-20/h4-13,18,21-22H,14-17H2,1-3H3/q+1. The number of rotatable bonds is 5. The van der Waals surface area contributed by atoms with Gasteiger partial charge in [-0.15, -0.1) is 0 Å². The molecule has 27 heavy (non-hydrogen) atoms. The number of carbonyl (C=O) groups excluding carboxylic acids is 1. The van der Waals surface area contributed by atoms with Gasteiger partial charge in [-0.2, -0.15) is 0 Å². The summed E-state index contributed by atoms with van der Waals surface area (Å²) in [6.07, 6.45) is 0.513. The van der Waals surface area contributed by atoms with Crippen LogP contribution in [0.2, 0.25) is 0 Å². The Morgan fingerprint density at radius 2 is 1.59 bits per heavy atom.